The van der Waals surface area contributed by atoms with Crippen molar-refractivity contribution in [2.75, 3.05) is 5.75 Å². The molecule has 2 aromatic heterocycles. The summed E-state index contributed by atoms with van der Waals surface area (Å²) < 4.78 is 2.05. The number of carbonyl (C=O) groups is 1. The van der Waals surface area contributed by atoms with Crippen LogP contribution in [0.15, 0.2) is 29.4 Å². The van der Waals surface area contributed by atoms with E-state index in [4.69, 9.17) is 0 Å². The summed E-state index contributed by atoms with van der Waals surface area (Å²) in [6.07, 6.45) is 0. The zero-order chi connectivity index (χ0) is 17.5. The average molecular weight is 342 g/mol. The van der Waals surface area contributed by atoms with E-state index in [0.29, 0.717) is 5.75 Å². The highest BCUT2D eigenvalue weighted by molar-refractivity contribution is 7.99. The fourth-order valence-corrected chi connectivity index (χ4v) is 3.43. The molecule has 6 heteroatoms. The number of thioether (sulfide) groups is 1. The number of benzene rings is 1. The first-order valence-corrected chi connectivity index (χ1v) is 8.92. The largest absolute Gasteiger partial charge is 0.351 e. The van der Waals surface area contributed by atoms with Crippen molar-refractivity contribution in [2.45, 2.75) is 45.3 Å². The second-order valence-electron chi connectivity index (χ2n) is 7.12. The molecule has 1 amide bonds. The first-order chi connectivity index (χ1) is 11.2. The Labute approximate surface area is 145 Å². The smallest absolute Gasteiger partial charge is 0.230 e. The molecule has 0 spiro atoms. The molecular formula is C18H22N4OS. The van der Waals surface area contributed by atoms with Crippen molar-refractivity contribution in [3.05, 3.63) is 35.4 Å². The SMILES string of the molecule is Cc1ccc2cc(C)c3nnc(SCC(=O)NC(C)(C)C)n3c2c1. The Balaban J connectivity index is 1.98. The van der Waals surface area contributed by atoms with Crippen LogP contribution in [0.5, 0.6) is 0 Å². The van der Waals surface area contributed by atoms with E-state index in [0.717, 1.165) is 27.3 Å². The quantitative estimate of drug-likeness (QED) is 0.740. The lowest BCUT2D eigenvalue weighted by atomic mass is 10.1. The first kappa shape index (κ1) is 16.8. The number of aromatic nitrogens is 3. The van der Waals surface area contributed by atoms with Gasteiger partial charge in [0.1, 0.15) is 0 Å². The summed E-state index contributed by atoms with van der Waals surface area (Å²) in [6.45, 7) is 10.0. The van der Waals surface area contributed by atoms with Gasteiger partial charge in [0.15, 0.2) is 10.8 Å². The van der Waals surface area contributed by atoms with Gasteiger partial charge in [-0.3, -0.25) is 9.20 Å². The first-order valence-electron chi connectivity index (χ1n) is 7.93. The summed E-state index contributed by atoms with van der Waals surface area (Å²) in [4.78, 5) is 12.1. The van der Waals surface area contributed by atoms with Crippen LogP contribution < -0.4 is 5.32 Å². The standard InChI is InChI=1S/C18H22N4OS/c1-11-6-7-13-9-12(2)16-20-21-17(22(16)14(13)8-11)24-10-15(23)19-18(3,4)5/h6-9H,10H2,1-5H3,(H,19,23). The van der Waals surface area contributed by atoms with Crippen molar-refractivity contribution in [3.63, 3.8) is 0 Å². The Morgan fingerprint density at radius 1 is 1.21 bits per heavy atom. The molecule has 126 valence electrons. The monoisotopic (exact) mass is 342 g/mol. The Bertz CT molecular complexity index is 924. The van der Waals surface area contributed by atoms with Gasteiger partial charge in [-0.25, -0.2) is 0 Å². The number of fused-ring (bicyclic) bond motifs is 3. The molecule has 2 heterocycles. The van der Waals surface area contributed by atoms with Gasteiger partial charge in [0.25, 0.3) is 0 Å². The number of nitrogens with zero attached hydrogens (tertiary/aromatic N) is 3. The van der Waals surface area contributed by atoms with Crippen molar-refractivity contribution < 1.29 is 4.79 Å². The lowest BCUT2D eigenvalue weighted by molar-refractivity contribution is -0.119. The fourth-order valence-electron chi connectivity index (χ4n) is 2.69. The van der Waals surface area contributed by atoms with Crippen LogP contribution in [0.2, 0.25) is 0 Å². The van der Waals surface area contributed by atoms with Gasteiger partial charge in [0.05, 0.1) is 11.3 Å². The number of hydrogen-bond acceptors (Lipinski definition) is 4. The molecule has 0 atom stereocenters. The van der Waals surface area contributed by atoms with Crippen molar-refractivity contribution in [1.82, 2.24) is 19.9 Å². The third kappa shape index (κ3) is 3.38. The number of aryl methyl sites for hydroxylation is 2. The predicted molar refractivity (Wildman–Crippen MR) is 98.6 cm³/mol. The number of rotatable bonds is 3. The molecule has 0 aliphatic rings. The van der Waals surface area contributed by atoms with Crippen molar-refractivity contribution in [3.8, 4) is 0 Å². The fraction of sp³-hybridized carbons (Fsp3) is 0.389. The Hall–Kier alpha value is -2.08. The van der Waals surface area contributed by atoms with Gasteiger partial charge in [-0.2, -0.15) is 0 Å². The molecule has 3 aromatic rings. The van der Waals surface area contributed by atoms with Gasteiger partial charge in [0.2, 0.25) is 5.91 Å². The van der Waals surface area contributed by atoms with E-state index < -0.39 is 0 Å². The van der Waals surface area contributed by atoms with E-state index in [1.54, 1.807) is 0 Å². The molecule has 0 bridgehead atoms. The zero-order valence-electron chi connectivity index (χ0n) is 14.7. The highest BCUT2D eigenvalue weighted by Gasteiger charge is 2.17. The number of hydrogen-bond donors (Lipinski definition) is 1. The normalized spacial score (nSPS) is 12.0. The molecule has 0 aliphatic carbocycles. The second kappa shape index (κ2) is 6.09. The van der Waals surface area contributed by atoms with E-state index in [1.807, 2.05) is 32.1 Å². The van der Waals surface area contributed by atoms with Crippen LogP contribution in [0, 0.1) is 13.8 Å². The molecule has 0 radical (unpaired) electrons. The van der Waals surface area contributed by atoms with Crippen LogP contribution in [-0.2, 0) is 4.79 Å². The van der Waals surface area contributed by atoms with E-state index in [9.17, 15) is 4.79 Å². The third-order valence-corrected chi connectivity index (χ3v) is 4.56. The molecule has 24 heavy (non-hydrogen) atoms. The second-order valence-corrected chi connectivity index (χ2v) is 8.06. The Kier molecular flexibility index (Phi) is 4.25. The Morgan fingerprint density at radius 2 is 1.96 bits per heavy atom. The molecule has 0 saturated heterocycles. The molecule has 0 saturated carbocycles. The summed E-state index contributed by atoms with van der Waals surface area (Å²) in [5.74, 6) is 0.316. The van der Waals surface area contributed by atoms with Crippen molar-refractivity contribution >= 4 is 34.2 Å². The van der Waals surface area contributed by atoms with Crippen LogP contribution in [-0.4, -0.2) is 31.8 Å². The minimum absolute atomic E-state index is 0.00242. The molecule has 0 unspecified atom stereocenters. The average Bonchev–Trinajstić information content (AvgIpc) is 2.89. The maximum atomic E-state index is 12.1. The topological polar surface area (TPSA) is 59.3 Å². The number of carbonyl (C=O) groups excluding carboxylic acids is 1. The van der Waals surface area contributed by atoms with Gasteiger partial charge in [-0.15, -0.1) is 10.2 Å². The van der Waals surface area contributed by atoms with E-state index >= 15 is 0 Å². The predicted octanol–water partition coefficient (Wildman–Crippen LogP) is 3.51. The molecule has 0 fully saturated rings. The maximum Gasteiger partial charge on any atom is 0.230 e. The molecule has 3 rings (SSSR count). The van der Waals surface area contributed by atoms with Crippen molar-refractivity contribution in [1.29, 1.82) is 0 Å². The zero-order valence-corrected chi connectivity index (χ0v) is 15.5. The van der Waals surface area contributed by atoms with Gasteiger partial charge < -0.3 is 5.32 Å². The third-order valence-electron chi connectivity index (χ3n) is 3.63. The highest BCUT2D eigenvalue weighted by atomic mass is 32.2. The van der Waals surface area contributed by atoms with Gasteiger partial charge in [0, 0.05) is 5.54 Å². The summed E-state index contributed by atoms with van der Waals surface area (Å²) >= 11 is 1.41. The van der Waals surface area contributed by atoms with Crippen LogP contribution >= 0.6 is 11.8 Å². The Morgan fingerprint density at radius 3 is 2.67 bits per heavy atom. The summed E-state index contributed by atoms with van der Waals surface area (Å²) in [7, 11) is 0. The van der Waals surface area contributed by atoms with Gasteiger partial charge >= 0.3 is 0 Å². The molecular weight excluding hydrogens is 320 g/mol. The summed E-state index contributed by atoms with van der Waals surface area (Å²) in [5, 5.41) is 13.5. The summed E-state index contributed by atoms with van der Waals surface area (Å²) in [5.41, 5.74) is 3.93. The number of amides is 1. The minimum atomic E-state index is -0.231. The highest BCUT2D eigenvalue weighted by Crippen LogP contribution is 2.26. The van der Waals surface area contributed by atoms with Crippen LogP contribution in [0.4, 0.5) is 0 Å². The number of pyridine rings is 1. The minimum Gasteiger partial charge on any atom is -0.351 e. The molecule has 5 nitrogen and oxygen atoms in total. The molecule has 1 N–H and O–H groups in total. The van der Waals surface area contributed by atoms with Crippen LogP contribution in [0.3, 0.4) is 0 Å². The van der Waals surface area contributed by atoms with Crippen molar-refractivity contribution in [2.24, 2.45) is 0 Å². The van der Waals surface area contributed by atoms with E-state index in [1.165, 1.54) is 17.3 Å². The molecule has 0 aliphatic heterocycles. The van der Waals surface area contributed by atoms with Gasteiger partial charge in [-0.1, -0.05) is 23.9 Å². The lowest BCUT2D eigenvalue weighted by Gasteiger charge is -2.20. The maximum absolute atomic E-state index is 12.1. The summed E-state index contributed by atoms with van der Waals surface area (Å²) in [6, 6.07) is 8.46. The van der Waals surface area contributed by atoms with Crippen LogP contribution in [0.25, 0.3) is 16.6 Å². The van der Waals surface area contributed by atoms with E-state index in [-0.39, 0.29) is 11.4 Å². The van der Waals surface area contributed by atoms with Gasteiger partial charge in [-0.05, 0) is 63.3 Å². The van der Waals surface area contributed by atoms with E-state index in [2.05, 4.69) is 46.7 Å². The lowest BCUT2D eigenvalue weighted by Crippen LogP contribution is -2.41. The molecule has 1 aromatic carbocycles. The van der Waals surface area contributed by atoms with Crippen LogP contribution in [0.1, 0.15) is 31.9 Å². The number of nitrogens with one attached hydrogen (secondary N) is 1.